The molecule has 0 saturated heterocycles. The normalized spacial score (nSPS) is 10.1. The molecular weight excluding hydrogens is 215 g/mol. The second-order valence-electron chi connectivity index (χ2n) is 2.81. The first-order chi connectivity index (χ1) is 6.79. The molecule has 0 aliphatic heterocycles. The van der Waals surface area contributed by atoms with Crippen LogP contribution in [0.3, 0.4) is 0 Å². The summed E-state index contributed by atoms with van der Waals surface area (Å²) >= 11 is 11.9. The van der Waals surface area contributed by atoms with Gasteiger partial charge in [-0.05, 0) is 11.6 Å². The predicted octanol–water partition coefficient (Wildman–Crippen LogP) is 4.26. The van der Waals surface area contributed by atoms with E-state index < -0.39 is 0 Å². The van der Waals surface area contributed by atoms with Crippen LogP contribution in [0.15, 0.2) is 36.4 Å². The fourth-order valence-corrected chi connectivity index (χ4v) is 1.63. The molecule has 0 bridgehead atoms. The van der Waals surface area contributed by atoms with Crippen LogP contribution in [0.1, 0.15) is 0 Å². The summed E-state index contributed by atoms with van der Waals surface area (Å²) in [6.45, 7) is 0. The molecule has 0 aromatic heterocycles. The van der Waals surface area contributed by atoms with Gasteiger partial charge in [0, 0.05) is 11.6 Å². The highest BCUT2D eigenvalue weighted by molar-refractivity contribution is 6.43. The molecule has 68 valence electrons. The number of benzene rings is 2. The summed E-state index contributed by atoms with van der Waals surface area (Å²) in [6.07, 6.45) is 0. The van der Waals surface area contributed by atoms with Gasteiger partial charge in [0.15, 0.2) is 0 Å². The van der Waals surface area contributed by atoms with Gasteiger partial charge in [0.25, 0.3) is 0 Å². The van der Waals surface area contributed by atoms with E-state index in [9.17, 15) is 0 Å². The van der Waals surface area contributed by atoms with Gasteiger partial charge in [-0.15, -0.1) is 0 Å². The Morgan fingerprint density at radius 3 is 2.36 bits per heavy atom. The maximum absolute atomic E-state index is 6.05. The molecule has 0 aliphatic carbocycles. The Kier molecular flexibility index (Phi) is 2.76. The van der Waals surface area contributed by atoms with E-state index >= 15 is 0 Å². The Hall–Kier alpha value is -0.980. The van der Waals surface area contributed by atoms with E-state index in [1.165, 1.54) is 0 Å². The Balaban J connectivity index is 2.58. The van der Waals surface area contributed by atoms with E-state index in [0.717, 1.165) is 11.1 Å². The molecule has 0 amide bonds. The lowest BCUT2D eigenvalue weighted by Crippen LogP contribution is -1.79. The molecule has 0 N–H and O–H groups in total. The third-order valence-corrected chi connectivity index (χ3v) is 2.71. The summed E-state index contributed by atoms with van der Waals surface area (Å²) in [5.41, 5.74) is 1.95. The summed E-state index contributed by atoms with van der Waals surface area (Å²) in [5.74, 6) is 0. The molecule has 0 nitrogen and oxygen atoms in total. The van der Waals surface area contributed by atoms with Gasteiger partial charge in [-0.25, -0.2) is 0 Å². The second-order valence-corrected chi connectivity index (χ2v) is 3.56. The van der Waals surface area contributed by atoms with Crippen molar-refractivity contribution in [3.8, 4) is 11.1 Å². The molecule has 0 unspecified atom stereocenters. The van der Waals surface area contributed by atoms with Crippen LogP contribution >= 0.6 is 23.2 Å². The van der Waals surface area contributed by atoms with Gasteiger partial charge < -0.3 is 0 Å². The highest BCUT2D eigenvalue weighted by Crippen LogP contribution is 2.32. The van der Waals surface area contributed by atoms with Gasteiger partial charge in [0.2, 0.25) is 0 Å². The molecule has 0 fully saturated rings. The van der Waals surface area contributed by atoms with Crippen molar-refractivity contribution in [3.63, 3.8) is 0 Å². The topological polar surface area (TPSA) is 0 Å². The standard InChI is InChI=1S/C12H6Cl2/c13-11-8-4-7-10(12(11)14)9-5-2-1-3-6-9/h2-7H. The average Bonchev–Trinajstić information content (AvgIpc) is 2.23. The zero-order chi connectivity index (χ0) is 9.97. The SMILES string of the molecule is Clc1[c]ccc(-c2cc[c]cc2)c1Cl. The fourth-order valence-electron chi connectivity index (χ4n) is 1.24. The number of hydrogen-bond donors (Lipinski definition) is 0. The highest BCUT2D eigenvalue weighted by Gasteiger charge is 2.05. The lowest BCUT2D eigenvalue weighted by atomic mass is 10.1. The largest absolute Gasteiger partial charge is 0.0820 e. The first-order valence-corrected chi connectivity index (χ1v) is 4.87. The predicted molar refractivity (Wildman–Crippen MR) is 59.6 cm³/mol. The lowest BCUT2D eigenvalue weighted by molar-refractivity contribution is 1.60. The van der Waals surface area contributed by atoms with Gasteiger partial charge >= 0.3 is 0 Å². The molecule has 2 heteroatoms. The van der Waals surface area contributed by atoms with Crippen molar-refractivity contribution in [1.82, 2.24) is 0 Å². The van der Waals surface area contributed by atoms with Crippen LogP contribution in [0.5, 0.6) is 0 Å². The third-order valence-electron chi connectivity index (χ3n) is 1.92. The van der Waals surface area contributed by atoms with Crippen LogP contribution in [-0.4, -0.2) is 0 Å². The third kappa shape index (κ3) is 1.77. The summed E-state index contributed by atoms with van der Waals surface area (Å²) in [7, 11) is 0. The zero-order valence-corrected chi connectivity index (χ0v) is 8.73. The molecule has 2 aromatic carbocycles. The molecule has 0 heterocycles. The second kappa shape index (κ2) is 4.04. The Labute approximate surface area is 93.1 Å². The van der Waals surface area contributed by atoms with Crippen molar-refractivity contribution in [2.24, 2.45) is 0 Å². The molecule has 2 aromatic rings. The van der Waals surface area contributed by atoms with Crippen molar-refractivity contribution >= 4 is 23.2 Å². The average molecular weight is 221 g/mol. The first kappa shape index (κ1) is 9.57. The summed E-state index contributed by atoms with van der Waals surface area (Å²) < 4.78 is 0. The van der Waals surface area contributed by atoms with Gasteiger partial charge in [0.05, 0.1) is 10.0 Å². The quantitative estimate of drug-likeness (QED) is 0.674. The smallest absolute Gasteiger partial charge is 0.0677 e. The lowest BCUT2D eigenvalue weighted by Gasteiger charge is -2.04. The van der Waals surface area contributed by atoms with Crippen LogP contribution in [0, 0.1) is 12.1 Å². The molecule has 2 rings (SSSR count). The fraction of sp³-hybridized carbons (Fsp3) is 0. The van der Waals surface area contributed by atoms with Crippen LogP contribution < -0.4 is 0 Å². The van der Waals surface area contributed by atoms with Crippen LogP contribution in [0.2, 0.25) is 10.0 Å². The van der Waals surface area contributed by atoms with E-state index in [-0.39, 0.29) is 0 Å². The Morgan fingerprint density at radius 1 is 0.929 bits per heavy atom. The van der Waals surface area contributed by atoms with Gasteiger partial charge in [-0.3, -0.25) is 0 Å². The Morgan fingerprint density at radius 2 is 1.64 bits per heavy atom. The van der Waals surface area contributed by atoms with E-state index in [0.29, 0.717) is 10.0 Å². The van der Waals surface area contributed by atoms with Crippen molar-refractivity contribution < 1.29 is 0 Å². The highest BCUT2D eigenvalue weighted by atomic mass is 35.5. The van der Waals surface area contributed by atoms with Gasteiger partial charge in [-0.1, -0.05) is 59.6 Å². The minimum Gasteiger partial charge on any atom is -0.0820 e. The molecule has 14 heavy (non-hydrogen) atoms. The van der Waals surface area contributed by atoms with Crippen molar-refractivity contribution in [1.29, 1.82) is 0 Å². The first-order valence-electron chi connectivity index (χ1n) is 4.11. The monoisotopic (exact) mass is 220 g/mol. The van der Waals surface area contributed by atoms with Crippen molar-refractivity contribution in [3.05, 3.63) is 58.6 Å². The summed E-state index contributed by atoms with van der Waals surface area (Å²) in [5, 5.41) is 0.998. The van der Waals surface area contributed by atoms with Crippen molar-refractivity contribution in [2.75, 3.05) is 0 Å². The van der Waals surface area contributed by atoms with Crippen LogP contribution in [0.25, 0.3) is 11.1 Å². The van der Waals surface area contributed by atoms with E-state index in [2.05, 4.69) is 12.1 Å². The zero-order valence-electron chi connectivity index (χ0n) is 7.22. The maximum Gasteiger partial charge on any atom is 0.0677 e. The molecule has 0 atom stereocenters. The number of hydrogen-bond acceptors (Lipinski definition) is 0. The minimum absolute atomic E-state index is 0.456. The van der Waals surface area contributed by atoms with Gasteiger partial charge in [0.1, 0.15) is 0 Å². The summed E-state index contributed by atoms with van der Waals surface area (Å²) in [6, 6.07) is 17.0. The molecule has 0 spiro atoms. The maximum atomic E-state index is 6.05. The summed E-state index contributed by atoms with van der Waals surface area (Å²) in [4.78, 5) is 0. The Bertz CT molecular complexity index is 435. The van der Waals surface area contributed by atoms with E-state index in [4.69, 9.17) is 23.2 Å². The molecule has 2 radical (unpaired) electrons. The van der Waals surface area contributed by atoms with E-state index in [1.807, 2.05) is 30.3 Å². The molecule has 0 saturated carbocycles. The van der Waals surface area contributed by atoms with Crippen LogP contribution in [0.4, 0.5) is 0 Å². The van der Waals surface area contributed by atoms with E-state index in [1.54, 1.807) is 6.07 Å². The van der Waals surface area contributed by atoms with Gasteiger partial charge in [-0.2, -0.15) is 0 Å². The minimum atomic E-state index is 0.456. The van der Waals surface area contributed by atoms with Crippen LogP contribution in [-0.2, 0) is 0 Å². The molecular formula is C12H6Cl2. The number of halogens is 2. The number of rotatable bonds is 1. The van der Waals surface area contributed by atoms with Crippen molar-refractivity contribution in [2.45, 2.75) is 0 Å². The molecule has 0 aliphatic rings.